The van der Waals surface area contributed by atoms with Gasteiger partial charge in [0.25, 0.3) is 5.56 Å². The third-order valence-corrected chi connectivity index (χ3v) is 4.29. The van der Waals surface area contributed by atoms with Gasteiger partial charge in [-0.3, -0.25) is 14.2 Å². The van der Waals surface area contributed by atoms with Crippen LogP contribution >= 0.6 is 0 Å². The highest BCUT2D eigenvalue weighted by atomic mass is 19.1. The van der Waals surface area contributed by atoms with Crippen LogP contribution in [0, 0.1) is 12.7 Å². The van der Waals surface area contributed by atoms with Crippen molar-refractivity contribution in [3.63, 3.8) is 0 Å². The number of rotatable bonds is 4. The molecule has 0 aliphatic rings. The third kappa shape index (κ3) is 3.49. The number of carbonyl (C=O) groups excluding carboxylic acids is 1. The number of fused-ring (bicyclic) bond motifs is 1. The maximum atomic E-state index is 13.2. The van der Waals surface area contributed by atoms with Crippen LogP contribution in [0.3, 0.4) is 0 Å². The molecule has 0 bridgehead atoms. The fourth-order valence-corrected chi connectivity index (χ4v) is 2.92. The first kappa shape index (κ1) is 17.8. The van der Waals surface area contributed by atoms with Crippen LogP contribution in [0.15, 0.2) is 47.5 Å². The van der Waals surface area contributed by atoms with Gasteiger partial charge in [-0.2, -0.15) is 0 Å². The largest absolute Gasteiger partial charge is 0.324 e. The lowest BCUT2D eigenvalue weighted by atomic mass is 9.98. The van der Waals surface area contributed by atoms with E-state index in [1.54, 1.807) is 0 Å². The molecule has 0 radical (unpaired) electrons. The Hall–Kier alpha value is -3.02. The summed E-state index contributed by atoms with van der Waals surface area (Å²) < 4.78 is 14.5. The number of benzene rings is 2. The van der Waals surface area contributed by atoms with Crippen molar-refractivity contribution in [2.24, 2.45) is 0 Å². The van der Waals surface area contributed by atoms with E-state index in [0.717, 1.165) is 16.8 Å². The molecule has 6 heteroatoms. The van der Waals surface area contributed by atoms with Gasteiger partial charge in [0.1, 0.15) is 12.4 Å². The quantitative estimate of drug-likeness (QED) is 0.779. The summed E-state index contributed by atoms with van der Waals surface area (Å²) in [7, 11) is 0. The number of amides is 1. The molecule has 1 N–H and O–H groups in total. The number of anilines is 1. The Balaban J connectivity index is 1.88. The molecule has 1 aromatic heterocycles. The standard InChI is InChI=1S/C20H20FN3O2/c1-12(2)15-6-4-5-13(3)19(15)23-18(25)10-24-11-22-17-9-14(21)7-8-16(17)20(24)26/h4-9,11-12H,10H2,1-3H3,(H,23,25). The molecule has 0 saturated carbocycles. The van der Waals surface area contributed by atoms with Crippen molar-refractivity contribution in [2.45, 2.75) is 33.2 Å². The predicted molar refractivity (Wildman–Crippen MR) is 99.9 cm³/mol. The summed E-state index contributed by atoms with van der Waals surface area (Å²) in [5.41, 5.74) is 2.67. The van der Waals surface area contributed by atoms with E-state index in [-0.39, 0.29) is 34.8 Å². The first-order chi connectivity index (χ1) is 12.4. The number of aromatic nitrogens is 2. The first-order valence-electron chi connectivity index (χ1n) is 8.41. The molecule has 134 valence electrons. The molecule has 26 heavy (non-hydrogen) atoms. The third-order valence-electron chi connectivity index (χ3n) is 4.29. The second-order valence-electron chi connectivity index (χ2n) is 6.58. The maximum absolute atomic E-state index is 13.2. The lowest BCUT2D eigenvalue weighted by Gasteiger charge is -2.16. The second kappa shape index (κ2) is 7.07. The summed E-state index contributed by atoms with van der Waals surface area (Å²) in [4.78, 5) is 29.1. The van der Waals surface area contributed by atoms with Crippen molar-refractivity contribution >= 4 is 22.5 Å². The van der Waals surface area contributed by atoms with E-state index >= 15 is 0 Å². The molecular formula is C20H20FN3O2. The van der Waals surface area contributed by atoms with Crippen molar-refractivity contribution < 1.29 is 9.18 Å². The fourth-order valence-electron chi connectivity index (χ4n) is 2.92. The number of hydrogen-bond donors (Lipinski definition) is 1. The van der Waals surface area contributed by atoms with Crippen molar-refractivity contribution in [3.8, 4) is 0 Å². The molecule has 2 aromatic carbocycles. The van der Waals surface area contributed by atoms with Gasteiger partial charge in [-0.25, -0.2) is 9.37 Å². The van der Waals surface area contributed by atoms with Crippen molar-refractivity contribution in [1.29, 1.82) is 0 Å². The summed E-state index contributed by atoms with van der Waals surface area (Å²) in [5.74, 6) is -0.516. The Morgan fingerprint density at radius 3 is 2.77 bits per heavy atom. The number of halogens is 1. The number of nitrogens with one attached hydrogen (secondary N) is 1. The van der Waals surface area contributed by atoms with Crippen LogP contribution < -0.4 is 10.9 Å². The molecule has 0 atom stereocenters. The Kier molecular flexibility index (Phi) is 4.84. The average molecular weight is 353 g/mol. The lowest BCUT2D eigenvalue weighted by Crippen LogP contribution is -2.28. The minimum Gasteiger partial charge on any atom is -0.324 e. The monoisotopic (exact) mass is 353 g/mol. The molecule has 0 aliphatic heterocycles. The van der Waals surface area contributed by atoms with Gasteiger partial charge in [-0.05, 0) is 36.1 Å². The summed E-state index contributed by atoms with van der Waals surface area (Å²) >= 11 is 0. The van der Waals surface area contributed by atoms with Gasteiger partial charge in [-0.1, -0.05) is 32.0 Å². The van der Waals surface area contributed by atoms with Crippen molar-refractivity contribution in [2.75, 3.05) is 5.32 Å². The van der Waals surface area contributed by atoms with E-state index in [1.807, 2.05) is 25.1 Å². The molecule has 0 fully saturated rings. The molecule has 1 amide bonds. The number of para-hydroxylation sites is 1. The highest BCUT2D eigenvalue weighted by Gasteiger charge is 2.14. The normalized spacial score (nSPS) is 11.1. The van der Waals surface area contributed by atoms with Gasteiger partial charge in [0.05, 0.1) is 17.2 Å². The molecule has 0 spiro atoms. The fraction of sp³-hybridized carbons (Fsp3) is 0.250. The zero-order chi connectivity index (χ0) is 18.8. The van der Waals surface area contributed by atoms with E-state index in [1.165, 1.54) is 29.1 Å². The van der Waals surface area contributed by atoms with Crippen LogP contribution in [0.2, 0.25) is 0 Å². The van der Waals surface area contributed by atoms with Gasteiger partial charge >= 0.3 is 0 Å². The molecule has 5 nitrogen and oxygen atoms in total. The van der Waals surface area contributed by atoms with Crippen LogP contribution in [0.5, 0.6) is 0 Å². The molecule has 3 rings (SSSR count). The van der Waals surface area contributed by atoms with Gasteiger partial charge in [-0.15, -0.1) is 0 Å². The Morgan fingerprint density at radius 1 is 1.27 bits per heavy atom. The van der Waals surface area contributed by atoms with Gasteiger partial charge < -0.3 is 5.32 Å². The molecule has 3 aromatic rings. The Bertz CT molecular complexity index is 1040. The van der Waals surface area contributed by atoms with E-state index in [0.29, 0.717) is 0 Å². The van der Waals surface area contributed by atoms with Crippen LogP contribution in [-0.4, -0.2) is 15.5 Å². The number of hydrogen-bond acceptors (Lipinski definition) is 3. The average Bonchev–Trinajstić information content (AvgIpc) is 2.59. The smallest absolute Gasteiger partial charge is 0.261 e. The number of aryl methyl sites for hydroxylation is 1. The van der Waals surface area contributed by atoms with Crippen LogP contribution in [-0.2, 0) is 11.3 Å². The van der Waals surface area contributed by atoms with E-state index in [9.17, 15) is 14.0 Å². The SMILES string of the molecule is Cc1cccc(C(C)C)c1NC(=O)Cn1cnc2cc(F)ccc2c1=O. The highest BCUT2D eigenvalue weighted by Crippen LogP contribution is 2.27. The first-order valence-corrected chi connectivity index (χ1v) is 8.41. The van der Waals surface area contributed by atoms with Crippen LogP contribution in [0.25, 0.3) is 10.9 Å². The summed E-state index contributed by atoms with van der Waals surface area (Å²) in [6.45, 7) is 5.88. The van der Waals surface area contributed by atoms with Gasteiger partial charge in [0, 0.05) is 11.8 Å². The zero-order valence-corrected chi connectivity index (χ0v) is 14.9. The van der Waals surface area contributed by atoms with Gasteiger partial charge in [0.2, 0.25) is 5.91 Å². The lowest BCUT2D eigenvalue weighted by molar-refractivity contribution is -0.116. The topological polar surface area (TPSA) is 64.0 Å². The van der Waals surface area contributed by atoms with Crippen LogP contribution in [0.1, 0.15) is 30.9 Å². The summed E-state index contributed by atoms with van der Waals surface area (Å²) in [6, 6.07) is 9.65. The summed E-state index contributed by atoms with van der Waals surface area (Å²) in [5, 5.41) is 3.18. The Labute approximate surface area is 150 Å². The second-order valence-corrected chi connectivity index (χ2v) is 6.58. The number of carbonyl (C=O) groups is 1. The maximum Gasteiger partial charge on any atom is 0.261 e. The van der Waals surface area contributed by atoms with E-state index < -0.39 is 5.82 Å². The molecule has 0 unspecified atom stereocenters. The Morgan fingerprint density at radius 2 is 2.04 bits per heavy atom. The van der Waals surface area contributed by atoms with E-state index in [4.69, 9.17) is 0 Å². The van der Waals surface area contributed by atoms with E-state index in [2.05, 4.69) is 24.1 Å². The summed E-state index contributed by atoms with van der Waals surface area (Å²) in [6.07, 6.45) is 1.27. The minimum absolute atomic E-state index is 0.162. The molecule has 1 heterocycles. The van der Waals surface area contributed by atoms with Crippen molar-refractivity contribution in [1.82, 2.24) is 9.55 Å². The molecule has 0 aliphatic carbocycles. The van der Waals surface area contributed by atoms with Gasteiger partial charge in [0.15, 0.2) is 0 Å². The molecule has 0 saturated heterocycles. The minimum atomic E-state index is -0.458. The number of nitrogens with zero attached hydrogens (tertiary/aromatic N) is 2. The predicted octanol–water partition coefficient (Wildman–Crippen LogP) is 3.61. The van der Waals surface area contributed by atoms with Crippen molar-refractivity contribution in [3.05, 3.63) is 70.0 Å². The van der Waals surface area contributed by atoms with Crippen LogP contribution in [0.4, 0.5) is 10.1 Å². The molecular weight excluding hydrogens is 333 g/mol. The zero-order valence-electron chi connectivity index (χ0n) is 14.9. The highest BCUT2D eigenvalue weighted by molar-refractivity contribution is 5.92.